The predicted octanol–water partition coefficient (Wildman–Crippen LogP) is 3.32. The number of carbonyl (C=O) groups excluding carboxylic acids is 1. The summed E-state index contributed by atoms with van der Waals surface area (Å²) in [6, 6.07) is 5.13. The van der Waals surface area contributed by atoms with Gasteiger partial charge in [-0.3, -0.25) is 0 Å². The fraction of sp³-hybridized carbons (Fsp3) is 0.450. The number of ether oxygens (including phenoxy) is 3. The lowest BCUT2D eigenvalue weighted by atomic mass is 9.95. The summed E-state index contributed by atoms with van der Waals surface area (Å²) < 4.78 is 18.4. The third-order valence-corrected chi connectivity index (χ3v) is 4.32. The molecule has 0 spiro atoms. The van der Waals surface area contributed by atoms with Crippen molar-refractivity contribution >= 4 is 11.9 Å². The Morgan fingerprint density at radius 2 is 2.11 bits per heavy atom. The van der Waals surface area contributed by atoms with Gasteiger partial charge in [-0.1, -0.05) is 13.0 Å². The minimum absolute atomic E-state index is 0.232. The third kappa shape index (κ3) is 3.81. The second-order valence-corrected chi connectivity index (χ2v) is 6.81. The lowest BCUT2D eigenvalue weighted by Crippen LogP contribution is -2.30. The summed E-state index contributed by atoms with van der Waals surface area (Å²) in [5, 5.41) is 7.44. The van der Waals surface area contributed by atoms with Crippen LogP contribution in [0.25, 0.3) is 0 Å². The molecule has 28 heavy (non-hydrogen) atoms. The van der Waals surface area contributed by atoms with Gasteiger partial charge >= 0.3 is 5.97 Å². The van der Waals surface area contributed by atoms with Crippen molar-refractivity contribution in [3.05, 3.63) is 41.4 Å². The molecule has 0 saturated carbocycles. The zero-order chi connectivity index (χ0) is 20.3. The Hall–Kier alpha value is -3.03. The van der Waals surface area contributed by atoms with Crippen LogP contribution in [0.1, 0.15) is 45.7 Å². The minimum atomic E-state index is -0.487. The van der Waals surface area contributed by atoms with Gasteiger partial charge in [0, 0.05) is 5.70 Å². The highest BCUT2D eigenvalue weighted by molar-refractivity contribution is 5.92. The summed E-state index contributed by atoms with van der Waals surface area (Å²) >= 11 is 0. The minimum Gasteiger partial charge on any atom is -0.493 e. The van der Waals surface area contributed by atoms with Gasteiger partial charge < -0.3 is 19.5 Å². The van der Waals surface area contributed by atoms with E-state index in [1.165, 1.54) is 6.33 Å². The maximum atomic E-state index is 12.9. The van der Waals surface area contributed by atoms with Crippen LogP contribution >= 0.6 is 0 Å². The molecule has 8 heteroatoms. The molecule has 2 heterocycles. The summed E-state index contributed by atoms with van der Waals surface area (Å²) in [7, 11) is 1.59. The maximum Gasteiger partial charge on any atom is 0.338 e. The normalized spacial score (nSPS) is 15.9. The zero-order valence-electron chi connectivity index (χ0n) is 16.9. The van der Waals surface area contributed by atoms with Crippen molar-refractivity contribution in [2.24, 2.45) is 0 Å². The number of rotatable bonds is 7. The Kier molecular flexibility index (Phi) is 5.87. The molecule has 0 saturated heterocycles. The lowest BCUT2D eigenvalue weighted by molar-refractivity contribution is -0.143. The van der Waals surface area contributed by atoms with Crippen LogP contribution in [0.3, 0.4) is 0 Å². The highest BCUT2D eigenvalue weighted by Crippen LogP contribution is 2.38. The van der Waals surface area contributed by atoms with Crippen molar-refractivity contribution in [2.75, 3.05) is 19.0 Å². The lowest BCUT2D eigenvalue weighted by Gasteiger charge is -2.29. The predicted molar refractivity (Wildman–Crippen MR) is 104 cm³/mol. The molecule has 1 N–H and O–H groups in total. The molecule has 0 aliphatic carbocycles. The molecule has 0 fully saturated rings. The zero-order valence-corrected chi connectivity index (χ0v) is 16.9. The summed E-state index contributed by atoms with van der Waals surface area (Å²) in [5.41, 5.74) is 1.99. The number of anilines is 1. The van der Waals surface area contributed by atoms with E-state index in [-0.39, 0.29) is 6.10 Å². The van der Waals surface area contributed by atoms with Gasteiger partial charge in [-0.15, -0.1) is 0 Å². The number of fused-ring (bicyclic) bond motifs is 1. The maximum absolute atomic E-state index is 12.9. The Labute approximate surface area is 164 Å². The summed E-state index contributed by atoms with van der Waals surface area (Å²) in [4.78, 5) is 17.1. The van der Waals surface area contributed by atoms with Gasteiger partial charge in [-0.2, -0.15) is 10.1 Å². The van der Waals surface area contributed by atoms with Crippen LogP contribution in [0.2, 0.25) is 0 Å². The topological polar surface area (TPSA) is 87.5 Å². The number of aromatic nitrogens is 3. The van der Waals surface area contributed by atoms with Crippen molar-refractivity contribution in [3.63, 3.8) is 0 Å². The molecule has 3 rings (SSSR count). The van der Waals surface area contributed by atoms with Crippen LogP contribution < -0.4 is 14.8 Å². The van der Waals surface area contributed by atoms with Gasteiger partial charge in [-0.05, 0) is 44.9 Å². The van der Waals surface area contributed by atoms with Gasteiger partial charge in [0.1, 0.15) is 12.4 Å². The van der Waals surface area contributed by atoms with Crippen molar-refractivity contribution < 1.29 is 19.0 Å². The quantitative estimate of drug-likeness (QED) is 0.730. The van der Waals surface area contributed by atoms with Crippen LogP contribution in [-0.4, -0.2) is 40.6 Å². The smallest absolute Gasteiger partial charge is 0.338 e. The average molecular weight is 386 g/mol. The van der Waals surface area contributed by atoms with E-state index in [0.29, 0.717) is 35.3 Å². The van der Waals surface area contributed by atoms with Gasteiger partial charge in [-0.25, -0.2) is 9.48 Å². The van der Waals surface area contributed by atoms with Crippen molar-refractivity contribution in [2.45, 2.75) is 46.3 Å². The number of carbonyl (C=O) groups is 1. The first kappa shape index (κ1) is 19.7. The molecule has 150 valence electrons. The second kappa shape index (κ2) is 8.33. The van der Waals surface area contributed by atoms with Crippen LogP contribution in [-0.2, 0) is 9.53 Å². The Morgan fingerprint density at radius 3 is 2.79 bits per heavy atom. The van der Waals surface area contributed by atoms with E-state index >= 15 is 0 Å². The van der Waals surface area contributed by atoms with Gasteiger partial charge in [0.2, 0.25) is 5.95 Å². The average Bonchev–Trinajstić information content (AvgIpc) is 3.12. The number of allylic oxidation sites excluding steroid dienone is 1. The standard InChI is InChI=1S/C20H26N4O4/c1-6-9-27-15-8-7-14(10-16(15)26-5)18-17(19(25)28-12(2)3)13(4)23-20-21-11-22-24(18)20/h7-8,10-12,18H,6,9H2,1-5H3,(H,21,22,23). The highest BCUT2D eigenvalue weighted by Gasteiger charge is 2.35. The molecule has 1 unspecified atom stereocenters. The molecule has 1 aromatic heterocycles. The monoisotopic (exact) mass is 386 g/mol. The second-order valence-electron chi connectivity index (χ2n) is 6.81. The molecule has 1 aromatic carbocycles. The van der Waals surface area contributed by atoms with Crippen molar-refractivity contribution in [1.29, 1.82) is 0 Å². The fourth-order valence-electron chi connectivity index (χ4n) is 3.13. The van der Waals surface area contributed by atoms with E-state index in [1.807, 2.05) is 45.9 Å². The number of methoxy groups -OCH3 is 1. The van der Waals surface area contributed by atoms with Gasteiger partial charge in [0.05, 0.1) is 25.4 Å². The van der Waals surface area contributed by atoms with Crippen LogP contribution in [0, 0.1) is 0 Å². The van der Waals surface area contributed by atoms with Crippen molar-refractivity contribution in [3.8, 4) is 11.5 Å². The van der Waals surface area contributed by atoms with Gasteiger partial charge in [0.15, 0.2) is 11.5 Å². The molecular weight excluding hydrogens is 360 g/mol. The van der Waals surface area contributed by atoms with Crippen LogP contribution in [0.4, 0.5) is 5.95 Å². The molecule has 1 aliphatic rings. The Morgan fingerprint density at radius 1 is 1.32 bits per heavy atom. The van der Waals surface area contributed by atoms with Crippen LogP contribution in [0.15, 0.2) is 35.8 Å². The fourth-order valence-corrected chi connectivity index (χ4v) is 3.13. The van der Waals surface area contributed by atoms with E-state index in [0.717, 1.165) is 12.0 Å². The SMILES string of the molecule is CCCOc1ccc(C2C(C(=O)OC(C)C)=C(C)Nc3ncnn32)cc1OC. The number of nitrogens with zero attached hydrogens (tertiary/aromatic N) is 3. The van der Waals surface area contributed by atoms with E-state index in [9.17, 15) is 4.79 Å². The summed E-state index contributed by atoms with van der Waals surface area (Å²) in [6.45, 7) is 8.12. The van der Waals surface area contributed by atoms with E-state index in [1.54, 1.807) is 11.8 Å². The number of hydrogen-bond acceptors (Lipinski definition) is 7. The molecule has 0 bridgehead atoms. The number of nitrogens with one attached hydrogen (secondary N) is 1. The summed E-state index contributed by atoms with van der Waals surface area (Å²) in [6.07, 6.45) is 2.12. The molecule has 0 radical (unpaired) electrons. The molecule has 8 nitrogen and oxygen atoms in total. The Bertz CT molecular complexity index is 888. The van der Waals surface area contributed by atoms with Crippen molar-refractivity contribution in [1.82, 2.24) is 14.8 Å². The number of benzene rings is 1. The third-order valence-electron chi connectivity index (χ3n) is 4.32. The van der Waals surface area contributed by atoms with E-state index < -0.39 is 12.0 Å². The molecule has 1 atom stereocenters. The Balaban J connectivity index is 2.07. The largest absolute Gasteiger partial charge is 0.493 e. The molecular formula is C20H26N4O4. The summed E-state index contributed by atoms with van der Waals surface area (Å²) in [5.74, 6) is 1.43. The first-order valence-electron chi connectivity index (χ1n) is 9.35. The number of esters is 1. The van der Waals surface area contributed by atoms with Crippen LogP contribution in [0.5, 0.6) is 11.5 Å². The van der Waals surface area contributed by atoms with E-state index in [4.69, 9.17) is 14.2 Å². The number of hydrogen-bond donors (Lipinski definition) is 1. The van der Waals surface area contributed by atoms with E-state index in [2.05, 4.69) is 15.4 Å². The molecule has 2 aromatic rings. The molecule has 1 aliphatic heterocycles. The highest BCUT2D eigenvalue weighted by atomic mass is 16.5. The molecule has 0 amide bonds. The first-order valence-corrected chi connectivity index (χ1v) is 9.35. The van der Waals surface area contributed by atoms with Gasteiger partial charge in [0.25, 0.3) is 0 Å². The first-order chi connectivity index (χ1) is 13.5.